The van der Waals surface area contributed by atoms with E-state index < -0.39 is 5.79 Å². The number of ether oxygens (including phenoxy) is 2. The van der Waals surface area contributed by atoms with Gasteiger partial charge in [0, 0.05) is 42.9 Å². The maximum absolute atomic E-state index is 9.36. The maximum atomic E-state index is 9.36. The predicted octanol–water partition coefficient (Wildman–Crippen LogP) is 2.66. The topological polar surface area (TPSA) is 56.5 Å². The first-order valence-corrected chi connectivity index (χ1v) is 8.15. The third-order valence-corrected chi connectivity index (χ3v) is 4.43. The van der Waals surface area contributed by atoms with Crippen LogP contribution >= 0.6 is 11.6 Å². The predicted molar refractivity (Wildman–Crippen MR) is 87.2 cm³/mol. The van der Waals surface area contributed by atoms with Gasteiger partial charge in [-0.1, -0.05) is 23.7 Å². The molecule has 1 saturated heterocycles. The molecule has 1 aromatic heterocycles. The number of hydrogen-bond donors (Lipinski definition) is 1. The van der Waals surface area contributed by atoms with Gasteiger partial charge in [0.2, 0.25) is 0 Å². The second kappa shape index (κ2) is 7.01. The van der Waals surface area contributed by atoms with E-state index in [-0.39, 0.29) is 12.7 Å². The summed E-state index contributed by atoms with van der Waals surface area (Å²) in [6, 6.07) is 7.50. The van der Waals surface area contributed by atoms with Crippen LogP contribution in [0.3, 0.4) is 0 Å². The summed E-state index contributed by atoms with van der Waals surface area (Å²) in [4.78, 5) is 4.34. The zero-order valence-corrected chi connectivity index (χ0v) is 13.9. The molecule has 5 nitrogen and oxygen atoms in total. The summed E-state index contributed by atoms with van der Waals surface area (Å²) in [7, 11) is 1.99. The van der Waals surface area contributed by atoms with Crippen molar-refractivity contribution < 1.29 is 14.6 Å². The van der Waals surface area contributed by atoms with Gasteiger partial charge in [-0.25, -0.2) is 4.98 Å². The summed E-state index contributed by atoms with van der Waals surface area (Å²) >= 11 is 5.98. The van der Waals surface area contributed by atoms with Crippen molar-refractivity contribution in [1.82, 2.24) is 9.55 Å². The first-order valence-electron chi connectivity index (χ1n) is 7.78. The van der Waals surface area contributed by atoms with Crippen LogP contribution in [0.5, 0.6) is 0 Å². The van der Waals surface area contributed by atoms with Crippen LogP contribution in [0.1, 0.15) is 24.2 Å². The minimum Gasteiger partial charge on any atom is -0.394 e. The lowest BCUT2D eigenvalue weighted by molar-refractivity contribution is -0.185. The van der Waals surface area contributed by atoms with Crippen molar-refractivity contribution in [3.63, 3.8) is 0 Å². The number of rotatable bonds is 6. The van der Waals surface area contributed by atoms with Crippen molar-refractivity contribution in [2.75, 3.05) is 13.2 Å². The number of hydrogen-bond acceptors (Lipinski definition) is 4. The highest BCUT2D eigenvalue weighted by Crippen LogP contribution is 2.39. The molecule has 1 N–H and O–H groups in total. The number of nitrogens with zero attached hydrogens (tertiary/aromatic N) is 2. The van der Waals surface area contributed by atoms with E-state index in [0.29, 0.717) is 18.1 Å². The minimum absolute atomic E-state index is 0.0469. The summed E-state index contributed by atoms with van der Waals surface area (Å²) in [5.74, 6) is 0.219. The molecule has 0 bridgehead atoms. The fraction of sp³-hybridized carbons (Fsp3) is 0.471. The van der Waals surface area contributed by atoms with Crippen LogP contribution in [0.2, 0.25) is 5.02 Å². The summed E-state index contributed by atoms with van der Waals surface area (Å²) in [6.45, 7) is 0.343. The first-order chi connectivity index (χ1) is 11.1. The SMILES string of the molecule is Cn1ccnc1CCC[C@]1(c2ccc(Cl)cc2)OC[C@@H](CO)O1. The second-order valence-electron chi connectivity index (χ2n) is 5.80. The molecule has 3 rings (SSSR count). The molecule has 0 unspecified atom stereocenters. The number of imidazole rings is 1. The van der Waals surface area contributed by atoms with Gasteiger partial charge in [-0.3, -0.25) is 0 Å². The summed E-state index contributed by atoms with van der Waals surface area (Å²) < 4.78 is 14.0. The van der Waals surface area contributed by atoms with E-state index in [1.165, 1.54) is 0 Å². The average molecular weight is 337 g/mol. The molecule has 1 fully saturated rings. The van der Waals surface area contributed by atoms with E-state index in [2.05, 4.69) is 4.98 Å². The summed E-state index contributed by atoms with van der Waals surface area (Å²) in [6.07, 6.45) is 5.85. The van der Waals surface area contributed by atoms with Gasteiger partial charge in [-0.15, -0.1) is 0 Å². The molecule has 1 aliphatic heterocycles. The third-order valence-electron chi connectivity index (χ3n) is 4.17. The molecule has 0 saturated carbocycles. The molecular formula is C17H21ClN2O3. The fourth-order valence-electron chi connectivity index (χ4n) is 2.90. The van der Waals surface area contributed by atoms with E-state index in [9.17, 15) is 5.11 Å². The Morgan fingerprint density at radius 1 is 1.39 bits per heavy atom. The quantitative estimate of drug-likeness (QED) is 0.881. The zero-order valence-electron chi connectivity index (χ0n) is 13.1. The molecule has 2 atom stereocenters. The third kappa shape index (κ3) is 3.58. The standard InChI is InChI=1S/C17H21ClN2O3/c1-20-10-9-19-16(20)3-2-8-17(22-12-15(11-21)23-17)13-4-6-14(18)7-5-13/h4-7,9-10,15,21H,2-3,8,11-12H2,1H3/t15-,17+/m1/s1. The number of aliphatic hydroxyl groups excluding tert-OH is 1. The van der Waals surface area contributed by atoms with Crippen molar-refractivity contribution in [2.24, 2.45) is 7.05 Å². The number of halogens is 1. The highest BCUT2D eigenvalue weighted by atomic mass is 35.5. The molecule has 1 aliphatic rings. The Bertz CT molecular complexity index is 644. The van der Waals surface area contributed by atoms with Crippen LogP contribution in [-0.2, 0) is 28.7 Å². The van der Waals surface area contributed by atoms with Crippen molar-refractivity contribution in [3.05, 3.63) is 53.1 Å². The lowest BCUT2D eigenvalue weighted by Gasteiger charge is -2.28. The van der Waals surface area contributed by atoms with Crippen molar-refractivity contribution in [3.8, 4) is 0 Å². The molecule has 1 aromatic carbocycles. The van der Waals surface area contributed by atoms with Gasteiger partial charge in [0.1, 0.15) is 11.9 Å². The van der Waals surface area contributed by atoms with Crippen molar-refractivity contribution >= 4 is 11.6 Å². The van der Waals surface area contributed by atoms with E-state index in [1.54, 1.807) is 6.20 Å². The second-order valence-corrected chi connectivity index (χ2v) is 6.24. The van der Waals surface area contributed by atoms with Gasteiger partial charge in [0.05, 0.1) is 13.2 Å². The van der Waals surface area contributed by atoms with E-state index >= 15 is 0 Å². The van der Waals surface area contributed by atoms with Gasteiger partial charge < -0.3 is 19.1 Å². The Morgan fingerprint density at radius 3 is 2.78 bits per heavy atom. The van der Waals surface area contributed by atoms with Gasteiger partial charge >= 0.3 is 0 Å². The smallest absolute Gasteiger partial charge is 0.195 e. The Hall–Kier alpha value is -1.40. The maximum Gasteiger partial charge on any atom is 0.195 e. The summed E-state index contributed by atoms with van der Waals surface area (Å²) in [5, 5.41) is 10.0. The molecule has 0 amide bonds. The van der Waals surface area contributed by atoms with Gasteiger partial charge in [0.15, 0.2) is 5.79 Å². The Balaban J connectivity index is 1.73. The van der Waals surface area contributed by atoms with E-state index in [4.69, 9.17) is 21.1 Å². The largest absolute Gasteiger partial charge is 0.394 e. The van der Waals surface area contributed by atoms with Crippen LogP contribution in [-0.4, -0.2) is 34.0 Å². The van der Waals surface area contributed by atoms with Crippen LogP contribution in [0.25, 0.3) is 0 Å². The van der Waals surface area contributed by atoms with Crippen LogP contribution in [0, 0.1) is 0 Å². The molecule has 124 valence electrons. The number of aryl methyl sites for hydroxylation is 2. The fourth-order valence-corrected chi connectivity index (χ4v) is 3.03. The molecular weight excluding hydrogens is 316 g/mol. The summed E-state index contributed by atoms with van der Waals surface area (Å²) in [5.41, 5.74) is 0.928. The van der Waals surface area contributed by atoms with E-state index in [1.807, 2.05) is 42.1 Å². The lowest BCUT2D eigenvalue weighted by Crippen LogP contribution is -2.29. The van der Waals surface area contributed by atoms with Crippen LogP contribution in [0.4, 0.5) is 0 Å². The minimum atomic E-state index is -0.816. The molecule has 0 spiro atoms. The average Bonchev–Trinajstić information content (AvgIpc) is 3.16. The molecule has 23 heavy (non-hydrogen) atoms. The Labute approximate surface area is 140 Å². The van der Waals surface area contributed by atoms with Crippen LogP contribution in [0.15, 0.2) is 36.7 Å². The number of aliphatic hydroxyl groups is 1. The van der Waals surface area contributed by atoms with Crippen molar-refractivity contribution in [2.45, 2.75) is 31.2 Å². The van der Waals surface area contributed by atoms with Gasteiger partial charge in [-0.2, -0.15) is 0 Å². The normalized spacial score (nSPS) is 24.2. The lowest BCUT2D eigenvalue weighted by atomic mass is 9.99. The number of benzene rings is 1. The molecule has 6 heteroatoms. The highest BCUT2D eigenvalue weighted by Gasteiger charge is 2.42. The van der Waals surface area contributed by atoms with E-state index in [0.717, 1.165) is 24.2 Å². The Kier molecular flexibility index (Phi) is 5.02. The van der Waals surface area contributed by atoms with Gasteiger partial charge in [-0.05, 0) is 18.6 Å². The van der Waals surface area contributed by atoms with Crippen molar-refractivity contribution in [1.29, 1.82) is 0 Å². The number of aromatic nitrogens is 2. The molecule has 2 aromatic rings. The molecule has 0 aliphatic carbocycles. The zero-order chi connectivity index (χ0) is 16.3. The van der Waals surface area contributed by atoms with Gasteiger partial charge in [0.25, 0.3) is 0 Å². The first kappa shape index (κ1) is 16.5. The Morgan fingerprint density at radius 2 is 2.17 bits per heavy atom. The van der Waals surface area contributed by atoms with Crippen LogP contribution < -0.4 is 0 Å². The molecule has 2 heterocycles. The monoisotopic (exact) mass is 336 g/mol. The highest BCUT2D eigenvalue weighted by molar-refractivity contribution is 6.30. The molecule has 0 radical (unpaired) electrons.